The van der Waals surface area contributed by atoms with Crippen molar-refractivity contribution in [2.24, 2.45) is 5.41 Å². The SMILES string of the molecule is CC1(C)CC2=C(C(c3ccc(OCc4ccccc4)c(F)c3F)Nc3cccc(O)c3N2)S(=O)(=O)C1. The van der Waals surface area contributed by atoms with Crippen molar-refractivity contribution in [3.63, 3.8) is 0 Å². The van der Waals surface area contributed by atoms with Crippen LogP contribution in [0.1, 0.15) is 37.4 Å². The lowest BCUT2D eigenvalue weighted by Crippen LogP contribution is -2.35. The second-order valence-electron chi connectivity index (χ2n) is 9.90. The monoisotopic (exact) mass is 512 g/mol. The maximum absolute atomic E-state index is 15.5. The number of aromatic hydroxyl groups is 1. The summed E-state index contributed by atoms with van der Waals surface area (Å²) in [5.41, 5.74) is 1.01. The van der Waals surface area contributed by atoms with E-state index < -0.39 is 32.9 Å². The minimum absolute atomic E-state index is 0.0492. The van der Waals surface area contributed by atoms with E-state index in [9.17, 15) is 13.5 Å². The molecule has 9 heteroatoms. The highest BCUT2D eigenvalue weighted by molar-refractivity contribution is 7.95. The molecule has 5 rings (SSSR count). The second-order valence-corrected chi connectivity index (χ2v) is 11.9. The molecule has 3 N–H and O–H groups in total. The highest BCUT2D eigenvalue weighted by Crippen LogP contribution is 2.48. The van der Waals surface area contributed by atoms with Crippen LogP contribution in [0.3, 0.4) is 0 Å². The van der Waals surface area contributed by atoms with Crippen LogP contribution in [-0.4, -0.2) is 19.3 Å². The Hall–Kier alpha value is -3.59. The molecule has 2 aliphatic heterocycles. The average Bonchev–Trinajstić information content (AvgIpc) is 2.97. The summed E-state index contributed by atoms with van der Waals surface area (Å²) in [5, 5.41) is 16.6. The van der Waals surface area contributed by atoms with Crippen LogP contribution in [0.25, 0.3) is 0 Å². The van der Waals surface area contributed by atoms with Gasteiger partial charge in [0.15, 0.2) is 21.4 Å². The maximum Gasteiger partial charge on any atom is 0.200 e. The van der Waals surface area contributed by atoms with Crippen molar-refractivity contribution < 1.29 is 27.0 Å². The molecule has 188 valence electrons. The number of phenolic OH excluding ortho intramolecular Hbond substituents is 1. The fraction of sp³-hybridized carbons (Fsp3) is 0.259. The molecule has 0 saturated heterocycles. The third kappa shape index (κ3) is 4.39. The lowest BCUT2D eigenvalue weighted by atomic mass is 9.88. The molecule has 2 heterocycles. The van der Waals surface area contributed by atoms with Crippen LogP contribution in [0.15, 0.2) is 71.3 Å². The molecule has 0 radical (unpaired) electrons. The van der Waals surface area contributed by atoms with Gasteiger partial charge in [0.1, 0.15) is 18.0 Å². The summed E-state index contributed by atoms with van der Waals surface area (Å²) in [7, 11) is -3.88. The first kappa shape index (κ1) is 24.1. The summed E-state index contributed by atoms with van der Waals surface area (Å²) in [6.45, 7) is 3.70. The molecular formula is C27H26F2N2O4S. The Kier molecular flexibility index (Phi) is 5.90. The van der Waals surface area contributed by atoms with Crippen LogP contribution >= 0.6 is 0 Å². The van der Waals surface area contributed by atoms with E-state index in [1.807, 2.05) is 32.0 Å². The number of halogens is 2. The minimum Gasteiger partial charge on any atom is -0.506 e. The van der Waals surface area contributed by atoms with Gasteiger partial charge in [0, 0.05) is 11.3 Å². The first-order valence-electron chi connectivity index (χ1n) is 11.5. The molecule has 0 saturated carbocycles. The summed E-state index contributed by atoms with van der Waals surface area (Å²) in [5.74, 6) is -2.91. The van der Waals surface area contributed by atoms with E-state index in [4.69, 9.17) is 4.74 Å². The Morgan fingerprint density at radius 1 is 1.03 bits per heavy atom. The van der Waals surface area contributed by atoms with Crippen molar-refractivity contribution in [1.29, 1.82) is 0 Å². The van der Waals surface area contributed by atoms with Gasteiger partial charge in [-0.1, -0.05) is 50.2 Å². The molecule has 0 spiro atoms. The number of allylic oxidation sites excluding steroid dienone is 1. The number of phenols is 1. The fourth-order valence-corrected chi connectivity index (χ4v) is 7.19. The molecule has 3 aromatic carbocycles. The molecule has 0 fully saturated rings. The van der Waals surface area contributed by atoms with E-state index in [1.54, 1.807) is 24.3 Å². The summed E-state index contributed by atoms with van der Waals surface area (Å²) < 4.78 is 63.2. The van der Waals surface area contributed by atoms with Crippen molar-refractivity contribution in [1.82, 2.24) is 0 Å². The molecule has 1 unspecified atom stereocenters. The number of benzene rings is 3. The molecule has 0 aliphatic carbocycles. The topological polar surface area (TPSA) is 87.7 Å². The summed E-state index contributed by atoms with van der Waals surface area (Å²) >= 11 is 0. The molecule has 3 aromatic rings. The number of para-hydroxylation sites is 1. The van der Waals surface area contributed by atoms with E-state index in [1.165, 1.54) is 18.2 Å². The van der Waals surface area contributed by atoms with Crippen LogP contribution in [0.5, 0.6) is 11.5 Å². The van der Waals surface area contributed by atoms with Gasteiger partial charge in [-0.05, 0) is 41.7 Å². The molecule has 1 atom stereocenters. The zero-order valence-corrected chi connectivity index (χ0v) is 20.6. The molecule has 0 amide bonds. The Morgan fingerprint density at radius 2 is 1.78 bits per heavy atom. The number of ether oxygens (including phenoxy) is 1. The number of fused-ring (bicyclic) bond motifs is 1. The third-order valence-corrected chi connectivity index (χ3v) is 8.69. The Balaban J connectivity index is 1.60. The zero-order chi connectivity index (χ0) is 25.7. The van der Waals surface area contributed by atoms with Gasteiger partial charge in [-0.25, -0.2) is 12.8 Å². The van der Waals surface area contributed by atoms with Gasteiger partial charge in [-0.15, -0.1) is 0 Å². The number of sulfone groups is 1. The van der Waals surface area contributed by atoms with Crippen LogP contribution < -0.4 is 15.4 Å². The Bertz CT molecular complexity index is 1470. The van der Waals surface area contributed by atoms with Crippen LogP contribution in [0, 0.1) is 17.0 Å². The average molecular weight is 513 g/mol. The van der Waals surface area contributed by atoms with Crippen LogP contribution in [0.2, 0.25) is 0 Å². The Morgan fingerprint density at radius 3 is 2.53 bits per heavy atom. The molecule has 6 nitrogen and oxygen atoms in total. The van der Waals surface area contributed by atoms with E-state index in [0.717, 1.165) is 5.56 Å². The van der Waals surface area contributed by atoms with Gasteiger partial charge in [0.2, 0.25) is 5.82 Å². The van der Waals surface area contributed by atoms with E-state index >= 15 is 8.78 Å². The van der Waals surface area contributed by atoms with Gasteiger partial charge < -0.3 is 20.5 Å². The predicted octanol–water partition coefficient (Wildman–Crippen LogP) is 5.88. The van der Waals surface area contributed by atoms with E-state index in [-0.39, 0.29) is 40.0 Å². The van der Waals surface area contributed by atoms with E-state index in [2.05, 4.69) is 10.6 Å². The van der Waals surface area contributed by atoms with Crippen LogP contribution in [-0.2, 0) is 16.4 Å². The molecule has 2 aliphatic rings. The lowest BCUT2D eigenvalue weighted by molar-refractivity contribution is 0.284. The first-order chi connectivity index (χ1) is 17.1. The summed E-state index contributed by atoms with van der Waals surface area (Å²) in [6.07, 6.45) is 0.343. The highest BCUT2D eigenvalue weighted by Gasteiger charge is 2.44. The van der Waals surface area contributed by atoms with Gasteiger partial charge in [-0.2, -0.15) is 4.39 Å². The van der Waals surface area contributed by atoms with Crippen molar-refractivity contribution in [3.05, 3.63) is 94.0 Å². The van der Waals surface area contributed by atoms with Gasteiger partial charge in [-0.3, -0.25) is 0 Å². The largest absolute Gasteiger partial charge is 0.506 e. The minimum atomic E-state index is -3.88. The molecule has 0 aromatic heterocycles. The number of hydrogen-bond donors (Lipinski definition) is 3. The lowest BCUT2D eigenvalue weighted by Gasteiger charge is -2.34. The van der Waals surface area contributed by atoms with Gasteiger partial charge >= 0.3 is 0 Å². The van der Waals surface area contributed by atoms with Gasteiger partial charge in [0.05, 0.1) is 22.4 Å². The summed E-state index contributed by atoms with van der Waals surface area (Å²) in [4.78, 5) is -0.0614. The standard InChI is InChI=1S/C27H26F2N2O4S/c1-27(2)13-19-26(36(33,34)15-27)24(30-18-9-6-10-20(32)25(18)31-19)17-11-12-21(23(29)22(17)28)35-14-16-7-4-3-5-8-16/h3-12,24,30-32H,13-15H2,1-2H3. The number of rotatable bonds is 4. The van der Waals surface area contributed by atoms with Crippen molar-refractivity contribution in [2.45, 2.75) is 32.9 Å². The fourth-order valence-electron chi connectivity index (χ4n) is 4.86. The quantitative estimate of drug-likeness (QED) is 0.378. The third-order valence-electron chi connectivity index (χ3n) is 6.37. The van der Waals surface area contributed by atoms with Crippen molar-refractivity contribution in [2.75, 3.05) is 16.4 Å². The smallest absolute Gasteiger partial charge is 0.200 e. The van der Waals surface area contributed by atoms with E-state index in [0.29, 0.717) is 17.8 Å². The molecular weight excluding hydrogens is 486 g/mol. The first-order valence-corrected chi connectivity index (χ1v) is 13.2. The predicted molar refractivity (Wildman–Crippen MR) is 134 cm³/mol. The van der Waals surface area contributed by atoms with Crippen LogP contribution in [0.4, 0.5) is 20.2 Å². The second kappa shape index (κ2) is 8.81. The number of nitrogens with one attached hydrogen (secondary N) is 2. The van der Waals surface area contributed by atoms with Crippen molar-refractivity contribution in [3.8, 4) is 11.5 Å². The van der Waals surface area contributed by atoms with Gasteiger partial charge in [0.25, 0.3) is 0 Å². The Labute approximate surface area is 208 Å². The normalized spacial score (nSPS) is 19.8. The maximum atomic E-state index is 15.5. The number of anilines is 2. The highest BCUT2D eigenvalue weighted by atomic mass is 32.2. The molecule has 0 bridgehead atoms. The molecule has 36 heavy (non-hydrogen) atoms. The number of hydrogen-bond acceptors (Lipinski definition) is 6. The van der Waals surface area contributed by atoms with Crippen molar-refractivity contribution >= 4 is 21.2 Å². The summed E-state index contributed by atoms with van der Waals surface area (Å²) in [6, 6.07) is 15.2. The zero-order valence-electron chi connectivity index (χ0n) is 19.8.